The third kappa shape index (κ3) is 14.2. The first-order chi connectivity index (χ1) is 43.5. The number of rotatable bonds is 13. The molecule has 19 heteroatoms. The Labute approximate surface area is 575 Å². The fourth-order valence-electron chi connectivity index (χ4n) is 18.1. The summed E-state index contributed by atoms with van der Waals surface area (Å²) in [6, 6.07) is 64.3. The van der Waals surface area contributed by atoms with Crippen LogP contribution in [0, 0.1) is 71.0 Å². The van der Waals surface area contributed by atoms with E-state index in [0.29, 0.717) is 113 Å². The smallest absolute Gasteiger partial charge is 1.00 e. The van der Waals surface area contributed by atoms with Gasteiger partial charge >= 0.3 is 53.3 Å². The number of alkyl halides is 6. The van der Waals surface area contributed by atoms with Gasteiger partial charge < -0.3 is 52.3 Å². The third-order valence-corrected chi connectivity index (χ3v) is 26.0. The van der Waals surface area contributed by atoms with E-state index in [9.17, 15) is 66.3 Å². The molecule has 9 nitrogen and oxygen atoms in total. The minimum Gasteiger partial charge on any atom is -1.00 e. The summed E-state index contributed by atoms with van der Waals surface area (Å²) in [4.78, 5) is 41.0. The molecule has 6 aromatic rings. The maximum absolute atomic E-state index is 14.4. The Kier molecular flexibility index (Phi) is 23.3. The van der Waals surface area contributed by atoms with E-state index in [0.717, 1.165) is 19.3 Å². The Balaban J connectivity index is 0.000000136. The van der Waals surface area contributed by atoms with Gasteiger partial charge in [-0.1, -0.05) is 109 Å². The molecular weight excluding hydrogens is 1270 g/mol. The van der Waals surface area contributed by atoms with Gasteiger partial charge in [0.25, 0.3) is 0 Å². The first-order valence-corrected chi connectivity index (χ1v) is 34.6. The topological polar surface area (TPSA) is 167 Å². The monoisotopic (exact) mass is 1350 g/mol. The van der Waals surface area contributed by atoms with E-state index in [1.165, 1.54) is 36.3 Å². The molecule has 0 aliphatic heterocycles. The molecule has 93 heavy (non-hydrogen) atoms. The summed E-state index contributed by atoms with van der Waals surface area (Å²) in [6.07, 6.45) is 9.98. The number of esters is 1. The van der Waals surface area contributed by atoms with E-state index in [2.05, 4.69) is 187 Å². The molecule has 0 saturated heterocycles. The molecule has 12 bridgehead atoms. The van der Waals surface area contributed by atoms with Crippen molar-refractivity contribution in [3.63, 3.8) is 0 Å². The number of carboxylic acids is 2. The molecule has 0 heterocycles. The van der Waals surface area contributed by atoms with Crippen molar-refractivity contribution in [3.8, 4) is 0 Å². The second kappa shape index (κ2) is 29.9. The zero-order valence-corrected chi connectivity index (χ0v) is 56.7. The quantitative estimate of drug-likeness (QED) is 0.0475. The Hall–Kier alpha value is -4.82. The van der Waals surface area contributed by atoms with Crippen LogP contribution in [0.5, 0.6) is 0 Å². The number of hydrogen-bond acceptors (Lipinski definition) is 9. The molecule has 0 spiro atoms. The maximum atomic E-state index is 14.4. The average Bonchev–Trinajstić information content (AvgIpc) is 0.726. The number of aliphatic hydroxyl groups is 3. The molecule has 12 saturated carbocycles. The molecular formula is C74H80ClF6NaO9S2. The van der Waals surface area contributed by atoms with Crippen LogP contribution in [0.25, 0.3) is 0 Å². The molecule has 12 aliphatic rings. The van der Waals surface area contributed by atoms with Gasteiger partial charge in [0.15, 0.2) is 29.4 Å². The van der Waals surface area contributed by atoms with Crippen molar-refractivity contribution in [1.29, 1.82) is 0 Å². The van der Waals surface area contributed by atoms with Crippen LogP contribution in [0.15, 0.2) is 211 Å². The molecule has 6 aromatic carbocycles. The Morgan fingerprint density at radius 2 is 0.548 bits per heavy atom. The number of carboxylic acid groups (broad SMARTS) is 2. The number of halogens is 7. The molecule has 0 radical (unpaired) electrons. The summed E-state index contributed by atoms with van der Waals surface area (Å²) in [5.74, 6) is -19.2. The molecule has 12 fully saturated rings. The van der Waals surface area contributed by atoms with Gasteiger partial charge in [0, 0.05) is 0 Å². The first-order valence-electron chi connectivity index (χ1n) is 32.2. The van der Waals surface area contributed by atoms with E-state index in [1.807, 2.05) is 0 Å². The van der Waals surface area contributed by atoms with E-state index in [1.54, 1.807) is 0 Å². The summed E-state index contributed by atoms with van der Waals surface area (Å²) >= 11 is 0. The Morgan fingerprint density at radius 1 is 0.376 bits per heavy atom. The molecule has 0 amide bonds. The van der Waals surface area contributed by atoms with Crippen molar-refractivity contribution in [2.45, 2.75) is 167 Å². The molecule has 0 aromatic heterocycles. The van der Waals surface area contributed by atoms with Crippen LogP contribution >= 0.6 is 0 Å². The fraction of sp³-hybridized carbons (Fsp3) is 0.473. The summed E-state index contributed by atoms with van der Waals surface area (Å²) in [5.41, 5.74) is -6.94. The third-order valence-electron chi connectivity index (χ3n) is 21.6. The predicted octanol–water partition coefficient (Wildman–Crippen LogP) is 7.06. The predicted molar refractivity (Wildman–Crippen MR) is 330 cm³/mol. The van der Waals surface area contributed by atoms with Crippen LogP contribution in [0.1, 0.15) is 103 Å². The summed E-state index contributed by atoms with van der Waals surface area (Å²) < 4.78 is 88.4. The number of carbonyl (C=O) groups is 3. The van der Waals surface area contributed by atoms with Crippen LogP contribution in [-0.2, 0) is 40.9 Å². The number of hydrogen-bond donors (Lipinski definition) is 3. The summed E-state index contributed by atoms with van der Waals surface area (Å²) in [5, 5.41) is 52.6. The summed E-state index contributed by atoms with van der Waals surface area (Å²) in [6.45, 7) is 1.40. The van der Waals surface area contributed by atoms with Crippen molar-refractivity contribution in [3.05, 3.63) is 182 Å². The minimum atomic E-state index is -4.13. The minimum absolute atomic E-state index is 0. The molecule has 12 aliphatic carbocycles. The second-order valence-corrected chi connectivity index (χ2v) is 31.0. The van der Waals surface area contributed by atoms with Crippen LogP contribution in [0.3, 0.4) is 0 Å². The standard InChI is InChI=1S/2C18H15S.C14H20F2O3.2C12H16F2O3.ClH.Na/c2*1-4-10-16(11-5-1)19(17-12-6-2-7-13-17)18-14-8-3-9-15-18;1-2-19-12(17)14(15,16)13(18)10-4-8-3-9(6-10)7-11(13)5-8;2*13-12(14,10(15)16)11(17)8-2-6-1-7(4-8)5-9(11)3-6;;/h2*1-15H;8-11,18H,2-7H2,1H3;2*6-9,17H,1-5H2,(H,15,16);1H;/q2*+1;;;;;+1/p-3. The van der Waals surface area contributed by atoms with Crippen LogP contribution in [-0.4, -0.2) is 74.4 Å². The largest absolute Gasteiger partial charge is 1.00 e. The van der Waals surface area contributed by atoms with Gasteiger partial charge in [-0.2, -0.15) is 26.3 Å². The molecule has 492 valence electrons. The molecule has 3 N–H and O–H groups in total. The zero-order valence-electron chi connectivity index (χ0n) is 52.3. The van der Waals surface area contributed by atoms with Gasteiger partial charge in [-0.25, -0.2) is 4.79 Å². The van der Waals surface area contributed by atoms with E-state index in [4.69, 9.17) is 0 Å². The number of ether oxygens (including phenoxy) is 1. The van der Waals surface area contributed by atoms with Crippen LogP contribution in [0.2, 0.25) is 0 Å². The molecule has 0 atom stereocenters. The maximum Gasteiger partial charge on any atom is 1.00 e. The molecule has 0 unspecified atom stereocenters. The Morgan fingerprint density at radius 3 is 0.710 bits per heavy atom. The van der Waals surface area contributed by atoms with Gasteiger partial charge in [-0.3, -0.25) is 0 Å². The first kappa shape index (κ1) is 72.4. The fourth-order valence-corrected chi connectivity index (χ4v) is 22.3. The van der Waals surface area contributed by atoms with Crippen molar-refractivity contribution in [2.24, 2.45) is 71.0 Å². The van der Waals surface area contributed by atoms with Gasteiger partial charge in [-0.05, 0) is 247 Å². The molecule has 18 rings (SSSR count). The van der Waals surface area contributed by atoms with Gasteiger partial charge in [0.05, 0.1) is 28.4 Å². The van der Waals surface area contributed by atoms with E-state index >= 15 is 0 Å². The average molecular weight is 1350 g/mol. The van der Waals surface area contributed by atoms with Gasteiger partial charge in [0.2, 0.25) is 0 Å². The normalized spacial score (nSPS) is 31.1. The van der Waals surface area contributed by atoms with Crippen LogP contribution in [0.4, 0.5) is 26.3 Å². The van der Waals surface area contributed by atoms with Gasteiger partial charge in [0.1, 0.15) is 28.7 Å². The van der Waals surface area contributed by atoms with Gasteiger partial charge in [-0.15, -0.1) is 0 Å². The number of benzene rings is 6. The summed E-state index contributed by atoms with van der Waals surface area (Å²) in [7, 11) is -0.0293. The van der Waals surface area contributed by atoms with E-state index < -0.39 is 88.0 Å². The Bertz CT molecular complexity index is 2960. The SMILES string of the molecule is CCOC(=O)C(F)(F)C1(O)C2CC3CC(C2)CC1C3.O=C([O-])C(F)(F)C1(O)C2CC3CC(C2)CC1C3.O=C([O-])C(F)(F)C1(O)C2CC3CC(C2)CC1C3.[Cl-].[Na+].c1ccc([S+](c2ccccc2)c2ccccc2)cc1.c1ccc([S+](c2ccccc2)c2ccccc2)cc1. The van der Waals surface area contributed by atoms with Crippen molar-refractivity contribution in [2.75, 3.05) is 6.61 Å². The van der Waals surface area contributed by atoms with Crippen molar-refractivity contribution >= 4 is 39.7 Å². The van der Waals surface area contributed by atoms with Crippen molar-refractivity contribution in [1.82, 2.24) is 0 Å². The van der Waals surface area contributed by atoms with Crippen LogP contribution < -0.4 is 52.2 Å². The zero-order chi connectivity index (χ0) is 64.5. The number of aliphatic carboxylic acids is 2. The number of carbonyl (C=O) groups excluding carboxylic acids is 3. The van der Waals surface area contributed by atoms with Crippen molar-refractivity contribution < 1.29 is 113 Å². The van der Waals surface area contributed by atoms with E-state index in [-0.39, 0.29) is 70.4 Å². The second-order valence-electron chi connectivity index (χ2n) is 26.9.